The van der Waals surface area contributed by atoms with Gasteiger partial charge in [-0.25, -0.2) is 0 Å². The van der Waals surface area contributed by atoms with Gasteiger partial charge in [0.25, 0.3) is 0 Å². The molecule has 0 spiro atoms. The molecule has 3 N–H and O–H groups in total. The van der Waals surface area contributed by atoms with Crippen molar-refractivity contribution in [1.29, 1.82) is 0 Å². The Morgan fingerprint density at radius 3 is 2.61 bits per heavy atom. The van der Waals surface area contributed by atoms with Crippen LogP contribution < -0.4 is 15.9 Å². The van der Waals surface area contributed by atoms with Gasteiger partial charge in [0.05, 0.1) is 24.6 Å². The number of hydrogen-bond donors (Lipinski definition) is 2. The van der Waals surface area contributed by atoms with Gasteiger partial charge in [-0.05, 0) is 12.1 Å². The fraction of sp³-hybridized carbons (Fsp3) is 0.385. The van der Waals surface area contributed by atoms with Crippen molar-refractivity contribution in [1.82, 2.24) is 0 Å². The van der Waals surface area contributed by atoms with E-state index >= 15 is 0 Å². The minimum absolute atomic E-state index is 0.0811. The lowest BCUT2D eigenvalue weighted by molar-refractivity contribution is -0.123. The number of amides is 1. The van der Waals surface area contributed by atoms with Crippen LogP contribution in [0.2, 0.25) is 0 Å². The molecular formula is C13H19N3O2. The van der Waals surface area contributed by atoms with Crippen LogP contribution in [-0.2, 0) is 4.79 Å². The number of nitrogens with one attached hydrogen (secondary N) is 1. The first-order chi connectivity index (χ1) is 8.40. The molecule has 0 aliphatic rings. The lowest BCUT2D eigenvalue weighted by atomic mass is 9.95. The summed E-state index contributed by atoms with van der Waals surface area (Å²) in [5.74, 6) is 5.70. The molecule has 0 aliphatic carbocycles. The Morgan fingerprint density at radius 2 is 2.11 bits per heavy atom. The Morgan fingerprint density at radius 1 is 1.44 bits per heavy atom. The van der Waals surface area contributed by atoms with E-state index in [1.54, 1.807) is 25.3 Å². The SMILES string of the molecule is COc1cccc(NC(=O)C(C)(C)C)c1C=NN. The molecule has 0 radical (unpaired) electrons. The maximum Gasteiger partial charge on any atom is 0.229 e. The molecule has 1 aromatic rings. The fourth-order valence-electron chi connectivity index (χ4n) is 1.35. The average Bonchev–Trinajstić information content (AvgIpc) is 2.30. The van der Waals surface area contributed by atoms with E-state index in [4.69, 9.17) is 10.6 Å². The minimum atomic E-state index is -0.472. The van der Waals surface area contributed by atoms with Gasteiger partial charge in [0.15, 0.2) is 0 Å². The highest BCUT2D eigenvalue weighted by atomic mass is 16.5. The highest BCUT2D eigenvalue weighted by Gasteiger charge is 2.22. The lowest BCUT2D eigenvalue weighted by Crippen LogP contribution is -2.28. The average molecular weight is 249 g/mol. The van der Waals surface area contributed by atoms with Crippen molar-refractivity contribution in [3.05, 3.63) is 23.8 Å². The largest absolute Gasteiger partial charge is 0.496 e. The molecule has 0 aromatic heterocycles. The molecule has 5 nitrogen and oxygen atoms in total. The van der Waals surface area contributed by atoms with Crippen molar-refractivity contribution in [2.45, 2.75) is 20.8 Å². The highest BCUT2D eigenvalue weighted by Crippen LogP contribution is 2.26. The number of rotatable bonds is 3. The third-order valence-electron chi connectivity index (χ3n) is 2.42. The quantitative estimate of drug-likeness (QED) is 0.488. The van der Waals surface area contributed by atoms with E-state index in [1.165, 1.54) is 6.21 Å². The summed E-state index contributed by atoms with van der Waals surface area (Å²) in [4.78, 5) is 12.0. The third-order valence-corrected chi connectivity index (χ3v) is 2.42. The van der Waals surface area contributed by atoms with Crippen molar-refractivity contribution < 1.29 is 9.53 Å². The second-order valence-electron chi connectivity index (χ2n) is 4.90. The number of hydrogen-bond acceptors (Lipinski definition) is 4. The smallest absolute Gasteiger partial charge is 0.229 e. The number of nitrogens with two attached hydrogens (primary N) is 1. The normalized spacial score (nSPS) is 11.6. The van der Waals surface area contributed by atoms with E-state index in [0.29, 0.717) is 17.0 Å². The van der Waals surface area contributed by atoms with Crippen LogP contribution in [0.1, 0.15) is 26.3 Å². The van der Waals surface area contributed by atoms with E-state index in [1.807, 2.05) is 20.8 Å². The number of anilines is 1. The van der Waals surface area contributed by atoms with Crippen LogP contribution in [0.15, 0.2) is 23.3 Å². The van der Waals surface area contributed by atoms with Crippen molar-refractivity contribution in [2.75, 3.05) is 12.4 Å². The summed E-state index contributed by atoms with van der Waals surface area (Å²) in [7, 11) is 1.55. The Hall–Kier alpha value is -2.04. The molecule has 0 fully saturated rings. The van der Waals surface area contributed by atoms with Crippen molar-refractivity contribution >= 4 is 17.8 Å². The summed E-state index contributed by atoms with van der Waals surface area (Å²) in [6.45, 7) is 5.54. The lowest BCUT2D eigenvalue weighted by Gasteiger charge is -2.19. The van der Waals surface area contributed by atoms with Crippen LogP contribution in [0.5, 0.6) is 5.75 Å². The number of hydrazone groups is 1. The summed E-state index contributed by atoms with van der Waals surface area (Å²) in [5, 5.41) is 6.33. The van der Waals surface area contributed by atoms with Gasteiger partial charge < -0.3 is 15.9 Å². The molecule has 18 heavy (non-hydrogen) atoms. The number of benzene rings is 1. The van der Waals surface area contributed by atoms with Gasteiger partial charge >= 0.3 is 0 Å². The van der Waals surface area contributed by atoms with E-state index < -0.39 is 5.41 Å². The zero-order chi connectivity index (χ0) is 13.8. The maximum atomic E-state index is 12.0. The molecule has 1 amide bonds. The molecule has 1 rings (SSSR count). The van der Waals surface area contributed by atoms with Gasteiger partial charge in [-0.3, -0.25) is 4.79 Å². The number of carbonyl (C=O) groups excluding carboxylic acids is 1. The fourth-order valence-corrected chi connectivity index (χ4v) is 1.35. The summed E-state index contributed by atoms with van der Waals surface area (Å²) < 4.78 is 5.21. The topological polar surface area (TPSA) is 76.7 Å². The van der Waals surface area contributed by atoms with Crippen LogP contribution >= 0.6 is 0 Å². The summed E-state index contributed by atoms with van der Waals surface area (Å²) in [5.41, 5.74) is 0.809. The van der Waals surface area contributed by atoms with Gasteiger partial charge in [0, 0.05) is 5.41 Å². The molecule has 0 saturated carbocycles. The first-order valence-corrected chi connectivity index (χ1v) is 5.62. The number of carbonyl (C=O) groups is 1. The number of methoxy groups -OCH3 is 1. The maximum absolute atomic E-state index is 12.0. The van der Waals surface area contributed by atoms with E-state index in [9.17, 15) is 4.79 Å². The molecule has 0 bridgehead atoms. The molecule has 5 heteroatoms. The van der Waals surface area contributed by atoms with E-state index in [2.05, 4.69) is 10.4 Å². The Balaban J connectivity index is 3.13. The first-order valence-electron chi connectivity index (χ1n) is 5.62. The molecule has 98 valence electrons. The first kappa shape index (κ1) is 14.0. The van der Waals surface area contributed by atoms with Gasteiger partial charge in [0.1, 0.15) is 5.75 Å². The molecule has 0 saturated heterocycles. The van der Waals surface area contributed by atoms with Crippen molar-refractivity contribution in [3.63, 3.8) is 0 Å². The van der Waals surface area contributed by atoms with Crippen molar-refractivity contribution in [3.8, 4) is 5.75 Å². The van der Waals surface area contributed by atoms with Crippen LogP contribution in [-0.4, -0.2) is 19.2 Å². The van der Waals surface area contributed by atoms with Gasteiger partial charge in [0.2, 0.25) is 5.91 Å². The van der Waals surface area contributed by atoms with Crippen LogP contribution in [0, 0.1) is 5.41 Å². The van der Waals surface area contributed by atoms with Crippen LogP contribution in [0.3, 0.4) is 0 Å². The van der Waals surface area contributed by atoms with Crippen LogP contribution in [0.4, 0.5) is 5.69 Å². The standard InChI is InChI=1S/C13H19N3O2/c1-13(2,3)12(17)16-10-6-5-7-11(18-4)9(10)8-15-14/h5-8H,14H2,1-4H3,(H,16,17). The number of ether oxygens (including phenoxy) is 1. The minimum Gasteiger partial charge on any atom is -0.496 e. The Labute approximate surface area is 107 Å². The van der Waals surface area contributed by atoms with Crippen molar-refractivity contribution in [2.24, 2.45) is 16.4 Å². The second-order valence-corrected chi connectivity index (χ2v) is 4.90. The number of nitrogens with zero attached hydrogens (tertiary/aromatic N) is 1. The van der Waals surface area contributed by atoms with Crippen LogP contribution in [0.25, 0.3) is 0 Å². The molecular weight excluding hydrogens is 230 g/mol. The zero-order valence-electron chi connectivity index (χ0n) is 11.2. The molecule has 0 heterocycles. The summed E-state index contributed by atoms with van der Waals surface area (Å²) in [6, 6.07) is 5.36. The van der Waals surface area contributed by atoms with E-state index in [0.717, 1.165) is 0 Å². The predicted molar refractivity (Wildman–Crippen MR) is 72.9 cm³/mol. The molecule has 0 aliphatic heterocycles. The van der Waals surface area contributed by atoms with Gasteiger partial charge in [-0.2, -0.15) is 5.10 Å². The third kappa shape index (κ3) is 3.23. The molecule has 0 unspecified atom stereocenters. The monoisotopic (exact) mass is 249 g/mol. The van der Waals surface area contributed by atoms with Gasteiger partial charge in [-0.1, -0.05) is 26.8 Å². The predicted octanol–water partition coefficient (Wildman–Crippen LogP) is 1.97. The highest BCUT2D eigenvalue weighted by molar-refractivity contribution is 6.01. The molecule has 0 atom stereocenters. The zero-order valence-corrected chi connectivity index (χ0v) is 11.2. The summed E-state index contributed by atoms with van der Waals surface area (Å²) >= 11 is 0. The Kier molecular flexibility index (Phi) is 4.31. The van der Waals surface area contributed by atoms with Gasteiger partial charge in [-0.15, -0.1) is 0 Å². The second kappa shape index (κ2) is 5.53. The molecule has 1 aromatic carbocycles. The van der Waals surface area contributed by atoms with E-state index in [-0.39, 0.29) is 5.91 Å². The summed E-state index contributed by atoms with van der Waals surface area (Å²) in [6.07, 6.45) is 1.46. The Bertz CT molecular complexity index is 462.